The smallest absolute Gasteiger partial charge is 0.846 e. The van der Waals surface area contributed by atoms with Crippen LogP contribution >= 0.6 is 0 Å². The second kappa shape index (κ2) is 3.50. The fourth-order valence-corrected chi connectivity index (χ4v) is 0.349. The molecule has 0 spiro atoms. The van der Waals surface area contributed by atoms with Gasteiger partial charge in [-0.15, -0.1) is 0 Å². The number of ether oxygens (including phenoxy) is 1. The van der Waals surface area contributed by atoms with Crippen molar-refractivity contribution in [1.29, 1.82) is 0 Å². The molecule has 1 aliphatic rings. The Hall–Kier alpha value is 0.500. The fraction of sp³-hybridized carbons (Fsp3) is 0.500. The summed E-state index contributed by atoms with van der Waals surface area (Å²) in [5, 5.41) is 10.1. The Bertz CT molecular complexity index is 72.1. The van der Waals surface area contributed by atoms with Crippen molar-refractivity contribution in [2.45, 2.75) is 6.10 Å². The van der Waals surface area contributed by atoms with Crippen LogP contribution in [0.15, 0.2) is 12.3 Å². The van der Waals surface area contributed by atoms with Gasteiger partial charge in [0.1, 0.15) is 0 Å². The van der Waals surface area contributed by atoms with Gasteiger partial charge >= 0.3 is 29.6 Å². The largest absolute Gasteiger partial charge is 1.00 e. The second-order valence-corrected chi connectivity index (χ2v) is 1.20. The number of hydrogen-bond acceptors (Lipinski definition) is 2. The molecule has 3 heteroatoms. The van der Waals surface area contributed by atoms with Gasteiger partial charge in [-0.05, 0) is 0 Å². The third-order valence-electron chi connectivity index (χ3n) is 0.650. The van der Waals surface area contributed by atoms with Crippen LogP contribution in [-0.2, 0) is 4.74 Å². The van der Waals surface area contributed by atoms with Crippen molar-refractivity contribution in [3.63, 3.8) is 0 Å². The maximum Gasteiger partial charge on any atom is 1.00 e. The third kappa shape index (κ3) is 2.34. The average Bonchev–Trinajstić information content (AvgIpc) is 1.86. The van der Waals surface area contributed by atoms with Crippen molar-refractivity contribution in [2.24, 2.45) is 0 Å². The quantitative estimate of drug-likeness (QED) is 0.299. The summed E-state index contributed by atoms with van der Waals surface area (Å²) in [5.74, 6) is 0. The van der Waals surface area contributed by atoms with Crippen LogP contribution in [0.2, 0.25) is 0 Å². The normalized spacial score (nSPS) is 26.1. The van der Waals surface area contributed by atoms with E-state index in [0.29, 0.717) is 6.61 Å². The Morgan fingerprint density at radius 1 is 1.71 bits per heavy atom. The van der Waals surface area contributed by atoms with Crippen LogP contribution in [0.3, 0.4) is 0 Å². The van der Waals surface area contributed by atoms with Crippen molar-refractivity contribution in [3.05, 3.63) is 12.3 Å². The number of rotatable bonds is 0. The minimum atomic E-state index is -0.606. The summed E-state index contributed by atoms with van der Waals surface area (Å²) in [6, 6.07) is 0. The van der Waals surface area contributed by atoms with E-state index in [4.69, 9.17) is 0 Å². The van der Waals surface area contributed by atoms with E-state index in [1.54, 1.807) is 0 Å². The zero-order valence-electron chi connectivity index (χ0n) is 4.26. The van der Waals surface area contributed by atoms with E-state index in [9.17, 15) is 5.11 Å². The van der Waals surface area contributed by atoms with E-state index >= 15 is 0 Å². The van der Waals surface area contributed by atoms with E-state index in [1.165, 1.54) is 12.3 Å². The van der Waals surface area contributed by atoms with Gasteiger partial charge in [-0.25, -0.2) is 0 Å². The molecule has 1 atom stereocenters. The van der Waals surface area contributed by atoms with Crippen LogP contribution in [0.5, 0.6) is 0 Å². The molecule has 0 saturated carbocycles. The van der Waals surface area contributed by atoms with E-state index in [1.807, 2.05) is 0 Å². The molecule has 0 radical (unpaired) electrons. The Morgan fingerprint density at radius 2 is 2.43 bits per heavy atom. The summed E-state index contributed by atoms with van der Waals surface area (Å²) in [5.41, 5.74) is 0. The zero-order chi connectivity index (χ0) is 4.41. The summed E-state index contributed by atoms with van der Waals surface area (Å²) in [6.07, 6.45) is 2.34. The van der Waals surface area contributed by atoms with Crippen LogP contribution in [0.1, 0.15) is 0 Å². The molecule has 1 heterocycles. The molecular weight excluding hydrogens is 103 g/mol. The first-order valence-corrected chi connectivity index (χ1v) is 1.83. The molecule has 1 aliphatic heterocycles. The predicted octanol–water partition coefficient (Wildman–Crippen LogP) is -3.74. The van der Waals surface area contributed by atoms with Gasteiger partial charge in [0.15, 0.2) is 0 Å². The molecule has 1 unspecified atom stereocenters. The Morgan fingerprint density at radius 3 is 2.57 bits per heavy atom. The van der Waals surface area contributed by atoms with Gasteiger partial charge in [-0.2, -0.15) is 0 Å². The van der Waals surface area contributed by atoms with Gasteiger partial charge in [-0.1, -0.05) is 12.2 Å². The average molecular weight is 108 g/mol. The summed E-state index contributed by atoms with van der Waals surface area (Å²) < 4.78 is 4.56. The van der Waals surface area contributed by atoms with E-state index in [-0.39, 0.29) is 29.6 Å². The fourth-order valence-electron chi connectivity index (χ4n) is 0.349. The molecule has 0 aliphatic carbocycles. The summed E-state index contributed by atoms with van der Waals surface area (Å²) >= 11 is 0. The molecule has 0 N–H and O–H groups in total. The van der Waals surface area contributed by atoms with Crippen molar-refractivity contribution in [2.75, 3.05) is 6.61 Å². The predicted molar refractivity (Wildman–Crippen MR) is 18.9 cm³/mol. The standard InChI is InChI=1S/C4H5O2.Na/c5-4-1-2-6-3-4;/h1-2,4H,3H2;/q-1;+1. The van der Waals surface area contributed by atoms with Crippen molar-refractivity contribution in [1.82, 2.24) is 0 Å². The summed E-state index contributed by atoms with van der Waals surface area (Å²) in [6.45, 7) is 0.319. The maximum absolute atomic E-state index is 10.1. The molecular formula is C4H5NaO2. The molecule has 0 saturated heterocycles. The van der Waals surface area contributed by atoms with Crippen LogP contribution in [0, 0.1) is 0 Å². The molecule has 1 rings (SSSR count). The minimum absolute atomic E-state index is 0. The summed E-state index contributed by atoms with van der Waals surface area (Å²) in [4.78, 5) is 0. The van der Waals surface area contributed by atoms with Crippen molar-refractivity contribution in [3.8, 4) is 0 Å². The molecule has 7 heavy (non-hydrogen) atoms. The number of hydrogen-bond donors (Lipinski definition) is 0. The Balaban J connectivity index is 0.000000360. The monoisotopic (exact) mass is 108 g/mol. The van der Waals surface area contributed by atoms with Gasteiger partial charge < -0.3 is 9.84 Å². The summed E-state index contributed by atoms with van der Waals surface area (Å²) in [7, 11) is 0. The topological polar surface area (TPSA) is 32.3 Å². The second-order valence-electron chi connectivity index (χ2n) is 1.20. The van der Waals surface area contributed by atoms with Crippen LogP contribution in [-0.4, -0.2) is 12.7 Å². The molecule has 0 aromatic heterocycles. The van der Waals surface area contributed by atoms with Crippen LogP contribution in [0.25, 0.3) is 0 Å². The SMILES string of the molecule is [Na+].[O-]C1C=COC1. The van der Waals surface area contributed by atoms with Crippen molar-refractivity contribution < 1.29 is 39.4 Å². The van der Waals surface area contributed by atoms with Gasteiger partial charge in [0.25, 0.3) is 0 Å². The molecule has 0 amide bonds. The molecule has 0 aromatic carbocycles. The first-order valence-electron chi connectivity index (χ1n) is 1.83. The Labute approximate surface area is 64.5 Å². The molecule has 0 bridgehead atoms. The molecule has 34 valence electrons. The van der Waals surface area contributed by atoms with Crippen LogP contribution in [0.4, 0.5) is 0 Å². The van der Waals surface area contributed by atoms with Crippen LogP contribution < -0.4 is 34.7 Å². The molecule has 0 aromatic rings. The van der Waals surface area contributed by atoms with Crippen molar-refractivity contribution >= 4 is 0 Å². The van der Waals surface area contributed by atoms with E-state index in [2.05, 4.69) is 4.74 Å². The van der Waals surface area contributed by atoms with Gasteiger partial charge in [0.05, 0.1) is 12.9 Å². The van der Waals surface area contributed by atoms with Gasteiger partial charge in [0, 0.05) is 0 Å². The first-order chi connectivity index (χ1) is 2.89. The van der Waals surface area contributed by atoms with E-state index < -0.39 is 6.10 Å². The minimum Gasteiger partial charge on any atom is -0.846 e. The molecule has 2 nitrogen and oxygen atoms in total. The van der Waals surface area contributed by atoms with E-state index in [0.717, 1.165) is 0 Å². The molecule has 0 fully saturated rings. The first kappa shape index (κ1) is 7.50. The zero-order valence-corrected chi connectivity index (χ0v) is 6.26. The van der Waals surface area contributed by atoms with Gasteiger partial charge in [-0.3, -0.25) is 0 Å². The third-order valence-corrected chi connectivity index (χ3v) is 0.650. The maximum atomic E-state index is 10.1. The Kier molecular flexibility index (Phi) is 3.75. The van der Waals surface area contributed by atoms with Gasteiger partial charge in [0.2, 0.25) is 0 Å².